The molecule has 0 radical (unpaired) electrons. The largest absolute Gasteiger partial charge is 0.467 e. The van der Waals surface area contributed by atoms with Crippen LogP contribution in [0, 0.1) is 5.92 Å². The molecule has 0 bridgehead atoms. The minimum absolute atomic E-state index is 0.134. The van der Waals surface area contributed by atoms with E-state index in [9.17, 15) is 18.0 Å². The normalized spacial score (nSPS) is 16.9. The van der Waals surface area contributed by atoms with Gasteiger partial charge in [0.2, 0.25) is 10.0 Å². The molecule has 1 aliphatic rings. The van der Waals surface area contributed by atoms with Crippen LogP contribution < -0.4 is 5.32 Å². The lowest BCUT2D eigenvalue weighted by molar-refractivity contribution is -0.144. The molecule has 1 fully saturated rings. The minimum atomic E-state index is -3.53. The number of nitrogens with one attached hydrogen (secondary N) is 1. The molecule has 1 amide bonds. The van der Waals surface area contributed by atoms with Crippen molar-refractivity contribution >= 4 is 21.9 Å². The first kappa shape index (κ1) is 20.4. The van der Waals surface area contributed by atoms with Gasteiger partial charge in [0.05, 0.1) is 12.0 Å². The number of methoxy groups -OCH3 is 1. The summed E-state index contributed by atoms with van der Waals surface area (Å²) in [6.45, 7) is 4.66. The second kappa shape index (κ2) is 8.64. The summed E-state index contributed by atoms with van der Waals surface area (Å²) in [4.78, 5) is 24.3. The molecule has 1 aromatic carbocycles. The predicted molar refractivity (Wildman–Crippen MR) is 97.2 cm³/mol. The van der Waals surface area contributed by atoms with Crippen molar-refractivity contribution in [2.75, 3.05) is 20.2 Å². The Labute approximate surface area is 154 Å². The average molecular weight is 382 g/mol. The third-order valence-corrected chi connectivity index (χ3v) is 6.39. The van der Waals surface area contributed by atoms with E-state index in [-0.39, 0.29) is 16.4 Å². The summed E-state index contributed by atoms with van der Waals surface area (Å²) in [6, 6.07) is 5.02. The molecule has 144 valence electrons. The lowest BCUT2D eigenvalue weighted by Gasteiger charge is -2.26. The summed E-state index contributed by atoms with van der Waals surface area (Å²) in [7, 11) is -2.26. The van der Waals surface area contributed by atoms with Crippen molar-refractivity contribution in [3.63, 3.8) is 0 Å². The summed E-state index contributed by atoms with van der Waals surface area (Å²) < 4.78 is 31.4. The van der Waals surface area contributed by atoms with E-state index in [1.807, 2.05) is 0 Å². The number of nitrogens with zero attached hydrogens (tertiary/aromatic N) is 1. The highest BCUT2D eigenvalue weighted by atomic mass is 32.2. The second-order valence-electron chi connectivity index (χ2n) is 6.71. The van der Waals surface area contributed by atoms with E-state index in [1.54, 1.807) is 13.8 Å². The molecule has 1 aromatic rings. The number of hydrogen-bond donors (Lipinski definition) is 1. The smallest absolute Gasteiger partial charge is 0.328 e. The molecule has 0 spiro atoms. The first-order valence-corrected chi connectivity index (χ1v) is 10.2. The number of piperidine rings is 1. The van der Waals surface area contributed by atoms with Crippen LogP contribution in [0.25, 0.3) is 0 Å². The van der Waals surface area contributed by atoms with Crippen LogP contribution in [0.15, 0.2) is 29.2 Å². The number of carbonyl (C=O) groups excluding carboxylic acids is 2. The van der Waals surface area contributed by atoms with Gasteiger partial charge in [-0.25, -0.2) is 13.2 Å². The molecule has 0 saturated carbocycles. The number of sulfonamides is 1. The number of carbonyl (C=O) groups is 2. The van der Waals surface area contributed by atoms with Crippen LogP contribution in [0.2, 0.25) is 0 Å². The lowest BCUT2D eigenvalue weighted by Crippen LogP contribution is -2.45. The number of esters is 1. The topological polar surface area (TPSA) is 92.8 Å². The zero-order chi connectivity index (χ0) is 19.3. The molecule has 0 aliphatic carbocycles. The Morgan fingerprint density at radius 2 is 1.65 bits per heavy atom. The van der Waals surface area contributed by atoms with Crippen LogP contribution >= 0.6 is 0 Å². The number of benzene rings is 1. The quantitative estimate of drug-likeness (QED) is 0.757. The van der Waals surface area contributed by atoms with E-state index < -0.39 is 27.9 Å². The van der Waals surface area contributed by atoms with Crippen LogP contribution in [0.5, 0.6) is 0 Å². The van der Waals surface area contributed by atoms with Crippen LogP contribution in [-0.4, -0.2) is 50.8 Å². The van der Waals surface area contributed by atoms with Crippen molar-refractivity contribution in [3.8, 4) is 0 Å². The molecule has 26 heavy (non-hydrogen) atoms. The maximum absolute atomic E-state index is 12.6. The zero-order valence-electron chi connectivity index (χ0n) is 15.4. The van der Waals surface area contributed by atoms with E-state index >= 15 is 0 Å². The number of rotatable bonds is 6. The Balaban J connectivity index is 2.13. The third-order valence-electron chi connectivity index (χ3n) is 4.48. The Kier molecular flexibility index (Phi) is 6.77. The number of amides is 1. The van der Waals surface area contributed by atoms with Gasteiger partial charge in [-0.05, 0) is 43.0 Å². The molecular weight excluding hydrogens is 356 g/mol. The fraction of sp³-hybridized carbons (Fsp3) is 0.556. The molecule has 1 saturated heterocycles. The molecule has 1 aliphatic heterocycles. The van der Waals surface area contributed by atoms with Crippen molar-refractivity contribution in [2.24, 2.45) is 5.92 Å². The van der Waals surface area contributed by atoms with E-state index in [1.165, 1.54) is 35.7 Å². The number of hydrogen-bond acceptors (Lipinski definition) is 5. The van der Waals surface area contributed by atoms with Gasteiger partial charge in [0, 0.05) is 18.7 Å². The van der Waals surface area contributed by atoms with E-state index in [2.05, 4.69) is 5.32 Å². The fourth-order valence-electron chi connectivity index (χ4n) is 2.88. The molecule has 2 rings (SSSR count). The van der Waals surface area contributed by atoms with Gasteiger partial charge in [-0.3, -0.25) is 4.79 Å². The van der Waals surface area contributed by atoms with Gasteiger partial charge in [-0.15, -0.1) is 0 Å². The second-order valence-corrected chi connectivity index (χ2v) is 8.65. The van der Waals surface area contributed by atoms with Crippen molar-refractivity contribution in [1.82, 2.24) is 9.62 Å². The van der Waals surface area contributed by atoms with Crippen molar-refractivity contribution < 1.29 is 22.7 Å². The van der Waals surface area contributed by atoms with E-state index in [0.29, 0.717) is 13.1 Å². The van der Waals surface area contributed by atoms with Crippen LogP contribution in [-0.2, 0) is 19.6 Å². The maximum Gasteiger partial charge on any atom is 0.328 e. The highest BCUT2D eigenvalue weighted by Gasteiger charge is 2.27. The first-order chi connectivity index (χ1) is 12.3. The predicted octanol–water partition coefficient (Wildman–Crippen LogP) is 1.79. The molecule has 0 aromatic heterocycles. The SMILES string of the molecule is COC(=O)[C@H](NC(=O)c1ccc(S(=O)(=O)N2CCCCC2)cc1)C(C)C. The standard InChI is InChI=1S/C18H26N2O5S/c1-13(2)16(18(22)25-3)19-17(21)14-7-9-15(10-8-14)26(23,24)20-11-5-4-6-12-20/h7-10,13,16H,4-6,11-12H2,1-3H3,(H,19,21)/t16-/m1/s1. The maximum atomic E-state index is 12.6. The average Bonchev–Trinajstić information content (AvgIpc) is 2.65. The fourth-order valence-corrected chi connectivity index (χ4v) is 4.40. The Hall–Kier alpha value is -1.93. The highest BCUT2D eigenvalue weighted by Crippen LogP contribution is 2.21. The van der Waals surface area contributed by atoms with Gasteiger partial charge in [-0.2, -0.15) is 4.31 Å². The summed E-state index contributed by atoms with van der Waals surface area (Å²) >= 11 is 0. The number of ether oxygens (including phenoxy) is 1. The van der Waals surface area contributed by atoms with Crippen LogP contribution in [0.1, 0.15) is 43.5 Å². The van der Waals surface area contributed by atoms with Gasteiger partial charge in [0.1, 0.15) is 6.04 Å². The monoisotopic (exact) mass is 382 g/mol. The van der Waals surface area contributed by atoms with Crippen molar-refractivity contribution in [3.05, 3.63) is 29.8 Å². The Bertz CT molecular complexity index is 737. The Morgan fingerprint density at radius 3 is 2.15 bits per heavy atom. The molecular formula is C18H26N2O5S. The van der Waals surface area contributed by atoms with E-state index in [0.717, 1.165) is 19.3 Å². The molecule has 7 nitrogen and oxygen atoms in total. The molecule has 1 N–H and O–H groups in total. The van der Waals surface area contributed by atoms with Crippen molar-refractivity contribution in [2.45, 2.75) is 44.0 Å². The summed E-state index contributed by atoms with van der Waals surface area (Å²) in [5.74, 6) is -1.10. The van der Waals surface area contributed by atoms with Gasteiger partial charge in [0.25, 0.3) is 5.91 Å². The lowest BCUT2D eigenvalue weighted by atomic mass is 10.0. The van der Waals surface area contributed by atoms with Crippen LogP contribution in [0.4, 0.5) is 0 Å². The highest BCUT2D eigenvalue weighted by molar-refractivity contribution is 7.89. The summed E-state index contributed by atoms with van der Waals surface area (Å²) in [5.41, 5.74) is 0.289. The van der Waals surface area contributed by atoms with Gasteiger partial charge < -0.3 is 10.1 Å². The summed E-state index contributed by atoms with van der Waals surface area (Å²) in [5, 5.41) is 2.63. The molecule has 8 heteroatoms. The van der Waals surface area contributed by atoms with Gasteiger partial charge >= 0.3 is 5.97 Å². The van der Waals surface area contributed by atoms with Gasteiger partial charge in [0.15, 0.2) is 0 Å². The van der Waals surface area contributed by atoms with Crippen molar-refractivity contribution in [1.29, 1.82) is 0 Å². The van der Waals surface area contributed by atoms with Crippen LogP contribution in [0.3, 0.4) is 0 Å². The first-order valence-electron chi connectivity index (χ1n) is 8.76. The molecule has 1 atom stereocenters. The zero-order valence-corrected chi connectivity index (χ0v) is 16.2. The van der Waals surface area contributed by atoms with Gasteiger partial charge in [-0.1, -0.05) is 20.3 Å². The summed E-state index contributed by atoms with van der Waals surface area (Å²) in [6.07, 6.45) is 2.77. The Morgan fingerprint density at radius 1 is 1.08 bits per heavy atom. The third kappa shape index (κ3) is 4.62. The molecule has 0 unspecified atom stereocenters. The molecule has 1 heterocycles. The van der Waals surface area contributed by atoms with E-state index in [4.69, 9.17) is 4.74 Å². The minimum Gasteiger partial charge on any atom is -0.467 e.